The van der Waals surface area contributed by atoms with E-state index in [1.807, 2.05) is 67.8 Å². The maximum absolute atomic E-state index is 12.5. The molecule has 0 radical (unpaired) electrons. The SMILES string of the molecule is CSc1ccccc1C(=O)Nc1nc(-c2ccccc2)c(C)s1. The summed E-state index contributed by atoms with van der Waals surface area (Å²) in [7, 11) is 0. The topological polar surface area (TPSA) is 42.0 Å². The zero-order chi connectivity index (χ0) is 16.2. The van der Waals surface area contributed by atoms with Crippen LogP contribution in [0.3, 0.4) is 0 Å². The highest BCUT2D eigenvalue weighted by Gasteiger charge is 2.15. The Balaban J connectivity index is 1.85. The van der Waals surface area contributed by atoms with Gasteiger partial charge in [0, 0.05) is 15.3 Å². The van der Waals surface area contributed by atoms with Crippen LogP contribution in [0.25, 0.3) is 11.3 Å². The molecular weight excluding hydrogens is 324 g/mol. The summed E-state index contributed by atoms with van der Waals surface area (Å²) in [6.07, 6.45) is 1.97. The summed E-state index contributed by atoms with van der Waals surface area (Å²) in [4.78, 5) is 19.1. The quantitative estimate of drug-likeness (QED) is 0.672. The average Bonchev–Trinajstić information content (AvgIpc) is 2.95. The van der Waals surface area contributed by atoms with Gasteiger partial charge in [0.1, 0.15) is 0 Å². The lowest BCUT2D eigenvalue weighted by atomic mass is 10.1. The number of rotatable bonds is 4. The molecule has 116 valence electrons. The lowest BCUT2D eigenvalue weighted by molar-refractivity contribution is 0.102. The fraction of sp³-hybridized carbons (Fsp3) is 0.111. The minimum absolute atomic E-state index is 0.122. The van der Waals surface area contributed by atoms with E-state index in [0.29, 0.717) is 10.7 Å². The first-order chi connectivity index (χ1) is 11.2. The monoisotopic (exact) mass is 340 g/mol. The van der Waals surface area contributed by atoms with Gasteiger partial charge in [-0.1, -0.05) is 42.5 Å². The highest BCUT2D eigenvalue weighted by molar-refractivity contribution is 7.98. The van der Waals surface area contributed by atoms with Gasteiger partial charge in [0.2, 0.25) is 0 Å². The van der Waals surface area contributed by atoms with Crippen molar-refractivity contribution in [3.63, 3.8) is 0 Å². The summed E-state index contributed by atoms with van der Waals surface area (Å²) in [5.41, 5.74) is 2.66. The summed E-state index contributed by atoms with van der Waals surface area (Å²) < 4.78 is 0. The molecule has 0 aliphatic heterocycles. The van der Waals surface area contributed by atoms with E-state index < -0.39 is 0 Å². The van der Waals surface area contributed by atoms with Crippen LogP contribution in [0.15, 0.2) is 59.5 Å². The Hall–Kier alpha value is -2.11. The molecule has 5 heteroatoms. The van der Waals surface area contributed by atoms with Crippen molar-refractivity contribution in [1.29, 1.82) is 0 Å². The molecular formula is C18H16N2OS2. The number of benzene rings is 2. The van der Waals surface area contributed by atoms with Crippen molar-refractivity contribution in [3.8, 4) is 11.3 Å². The van der Waals surface area contributed by atoms with Crippen molar-refractivity contribution in [2.75, 3.05) is 11.6 Å². The van der Waals surface area contributed by atoms with Crippen LogP contribution in [0.1, 0.15) is 15.2 Å². The molecule has 0 saturated heterocycles. The Morgan fingerprint density at radius 2 is 1.78 bits per heavy atom. The molecule has 0 saturated carbocycles. The second-order valence-corrected chi connectivity index (χ2v) is 7.00. The lowest BCUT2D eigenvalue weighted by Gasteiger charge is -2.06. The van der Waals surface area contributed by atoms with Crippen molar-refractivity contribution in [2.24, 2.45) is 0 Å². The number of nitrogens with zero attached hydrogens (tertiary/aromatic N) is 1. The van der Waals surface area contributed by atoms with Gasteiger partial charge in [-0.2, -0.15) is 0 Å². The highest BCUT2D eigenvalue weighted by Crippen LogP contribution is 2.31. The molecule has 3 rings (SSSR count). The Labute approximate surface area is 143 Å². The third-order valence-corrected chi connectivity index (χ3v) is 5.10. The van der Waals surface area contributed by atoms with Crippen LogP contribution in [-0.4, -0.2) is 17.1 Å². The number of hydrogen-bond donors (Lipinski definition) is 1. The number of thiazole rings is 1. The molecule has 1 N–H and O–H groups in total. The molecule has 23 heavy (non-hydrogen) atoms. The number of nitrogens with one attached hydrogen (secondary N) is 1. The molecule has 0 atom stereocenters. The Kier molecular flexibility index (Phi) is 4.79. The molecule has 0 bridgehead atoms. The van der Waals surface area contributed by atoms with E-state index >= 15 is 0 Å². The third kappa shape index (κ3) is 3.46. The van der Waals surface area contributed by atoms with Gasteiger partial charge in [0.25, 0.3) is 5.91 Å². The molecule has 1 amide bonds. The number of carbonyl (C=O) groups excluding carboxylic acids is 1. The highest BCUT2D eigenvalue weighted by atomic mass is 32.2. The van der Waals surface area contributed by atoms with Gasteiger partial charge in [-0.05, 0) is 25.3 Å². The Morgan fingerprint density at radius 3 is 2.52 bits per heavy atom. The lowest BCUT2D eigenvalue weighted by Crippen LogP contribution is -2.12. The minimum Gasteiger partial charge on any atom is -0.298 e. The standard InChI is InChI=1S/C18H16N2OS2/c1-12-16(13-8-4-3-5-9-13)19-18(23-12)20-17(21)14-10-6-7-11-15(14)22-2/h3-11H,1-2H3,(H,19,20,21). The summed E-state index contributed by atoms with van der Waals surface area (Å²) in [5, 5.41) is 3.55. The van der Waals surface area contributed by atoms with E-state index in [2.05, 4.69) is 10.3 Å². The van der Waals surface area contributed by atoms with Gasteiger partial charge in [0.05, 0.1) is 11.3 Å². The van der Waals surface area contributed by atoms with E-state index in [1.165, 1.54) is 11.3 Å². The molecule has 2 aromatic carbocycles. The first-order valence-electron chi connectivity index (χ1n) is 7.16. The number of anilines is 1. The summed E-state index contributed by atoms with van der Waals surface area (Å²) in [5.74, 6) is -0.122. The van der Waals surface area contributed by atoms with E-state index in [4.69, 9.17) is 0 Å². The van der Waals surface area contributed by atoms with Crippen molar-refractivity contribution >= 4 is 34.1 Å². The molecule has 0 aliphatic rings. The first kappa shape index (κ1) is 15.8. The predicted molar refractivity (Wildman–Crippen MR) is 98.5 cm³/mol. The summed E-state index contributed by atoms with van der Waals surface area (Å²) in [6.45, 7) is 2.02. The van der Waals surface area contributed by atoms with Crippen molar-refractivity contribution in [1.82, 2.24) is 4.98 Å². The first-order valence-corrected chi connectivity index (χ1v) is 9.20. The van der Waals surface area contributed by atoms with Crippen LogP contribution in [0, 0.1) is 6.92 Å². The number of thioether (sulfide) groups is 1. The fourth-order valence-corrected chi connectivity index (χ4v) is 3.74. The van der Waals surface area contributed by atoms with Crippen molar-refractivity contribution < 1.29 is 4.79 Å². The Bertz CT molecular complexity index is 828. The molecule has 3 nitrogen and oxygen atoms in total. The fourth-order valence-electron chi connectivity index (χ4n) is 2.31. The van der Waals surface area contributed by atoms with Gasteiger partial charge in [0.15, 0.2) is 5.13 Å². The second kappa shape index (κ2) is 6.98. The number of amides is 1. The maximum Gasteiger partial charge on any atom is 0.258 e. The molecule has 0 fully saturated rings. The van der Waals surface area contributed by atoms with Gasteiger partial charge in [-0.15, -0.1) is 23.1 Å². The van der Waals surface area contributed by atoms with E-state index in [9.17, 15) is 4.79 Å². The van der Waals surface area contributed by atoms with Crippen LogP contribution in [0.2, 0.25) is 0 Å². The third-order valence-electron chi connectivity index (χ3n) is 3.42. The van der Waals surface area contributed by atoms with Crippen LogP contribution in [0.4, 0.5) is 5.13 Å². The molecule has 1 heterocycles. The summed E-state index contributed by atoms with van der Waals surface area (Å²) in [6, 6.07) is 17.6. The zero-order valence-corrected chi connectivity index (χ0v) is 14.5. The van der Waals surface area contributed by atoms with Crippen LogP contribution < -0.4 is 5.32 Å². The van der Waals surface area contributed by atoms with E-state index in [1.54, 1.807) is 11.8 Å². The maximum atomic E-state index is 12.5. The molecule has 0 spiro atoms. The van der Waals surface area contributed by atoms with Gasteiger partial charge >= 0.3 is 0 Å². The van der Waals surface area contributed by atoms with Crippen LogP contribution in [-0.2, 0) is 0 Å². The van der Waals surface area contributed by atoms with E-state index in [-0.39, 0.29) is 5.91 Å². The normalized spacial score (nSPS) is 10.5. The smallest absolute Gasteiger partial charge is 0.258 e. The average molecular weight is 340 g/mol. The number of aryl methyl sites for hydroxylation is 1. The van der Waals surface area contributed by atoms with Gasteiger partial charge in [-0.3, -0.25) is 10.1 Å². The van der Waals surface area contributed by atoms with Crippen molar-refractivity contribution in [3.05, 3.63) is 65.0 Å². The predicted octanol–water partition coefficient (Wildman–Crippen LogP) is 5.09. The summed E-state index contributed by atoms with van der Waals surface area (Å²) >= 11 is 3.06. The Morgan fingerprint density at radius 1 is 1.09 bits per heavy atom. The van der Waals surface area contributed by atoms with Gasteiger partial charge in [-0.25, -0.2) is 4.98 Å². The largest absolute Gasteiger partial charge is 0.298 e. The molecule has 0 aliphatic carbocycles. The number of hydrogen-bond acceptors (Lipinski definition) is 4. The second-order valence-electron chi connectivity index (χ2n) is 4.94. The zero-order valence-electron chi connectivity index (χ0n) is 12.9. The molecule has 0 unspecified atom stereocenters. The van der Waals surface area contributed by atoms with Gasteiger partial charge < -0.3 is 0 Å². The van der Waals surface area contributed by atoms with E-state index in [0.717, 1.165) is 21.0 Å². The minimum atomic E-state index is -0.122. The number of carbonyl (C=O) groups is 1. The molecule has 3 aromatic rings. The van der Waals surface area contributed by atoms with Crippen molar-refractivity contribution in [2.45, 2.75) is 11.8 Å². The van der Waals surface area contributed by atoms with Crippen LogP contribution >= 0.6 is 23.1 Å². The molecule has 1 aromatic heterocycles. The number of aromatic nitrogens is 1. The van der Waals surface area contributed by atoms with Crippen LogP contribution in [0.5, 0.6) is 0 Å².